The summed E-state index contributed by atoms with van der Waals surface area (Å²) in [6, 6.07) is 10.5. The van der Waals surface area contributed by atoms with Gasteiger partial charge >= 0.3 is 0 Å². The Morgan fingerprint density at radius 1 is 1.14 bits per heavy atom. The predicted molar refractivity (Wildman–Crippen MR) is 60.2 cm³/mol. The minimum absolute atomic E-state index is 0.963. The van der Waals surface area contributed by atoms with Crippen molar-refractivity contribution in [3.8, 4) is 11.1 Å². The first-order valence-corrected chi connectivity index (χ1v) is 5.37. The van der Waals surface area contributed by atoms with Gasteiger partial charge in [0.25, 0.3) is 0 Å². The van der Waals surface area contributed by atoms with Gasteiger partial charge in [-0.25, -0.2) is 0 Å². The summed E-state index contributed by atoms with van der Waals surface area (Å²) >= 11 is 3.58. The third-order valence-electron chi connectivity index (χ3n) is 2.62. The lowest BCUT2D eigenvalue weighted by Gasteiger charge is -2.01. The van der Waals surface area contributed by atoms with Crippen molar-refractivity contribution in [2.24, 2.45) is 0 Å². The van der Waals surface area contributed by atoms with Gasteiger partial charge in [0.05, 0.1) is 5.69 Å². The van der Waals surface area contributed by atoms with Crippen molar-refractivity contribution in [3.05, 3.63) is 52.3 Å². The second kappa shape index (κ2) is 2.92. The molecule has 0 atom stereocenters. The maximum absolute atomic E-state index is 4.40. The van der Waals surface area contributed by atoms with E-state index in [1.54, 1.807) is 0 Å². The molecule has 0 radical (unpaired) electrons. The van der Waals surface area contributed by atoms with Crippen LogP contribution < -0.4 is 0 Å². The molecule has 14 heavy (non-hydrogen) atoms. The first-order valence-electron chi connectivity index (χ1n) is 4.58. The number of rotatable bonds is 0. The van der Waals surface area contributed by atoms with Crippen LogP contribution in [0.25, 0.3) is 11.1 Å². The minimum Gasteiger partial charge on any atom is -0.260 e. The number of halogens is 1. The second-order valence-electron chi connectivity index (χ2n) is 3.45. The third kappa shape index (κ3) is 1.04. The van der Waals surface area contributed by atoms with E-state index >= 15 is 0 Å². The Labute approximate surface area is 90.9 Å². The molecule has 0 saturated carbocycles. The molecule has 1 aliphatic rings. The van der Waals surface area contributed by atoms with E-state index in [9.17, 15) is 0 Å². The molecule has 1 aliphatic carbocycles. The lowest BCUT2D eigenvalue weighted by molar-refractivity contribution is 1.12. The van der Waals surface area contributed by atoms with E-state index in [-0.39, 0.29) is 0 Å². The van der Waals surface area contributed by atoms with Crippen LogP contribution in [-0.2, 0) is 6.42 Å². The van der Waals surface area contributed by atoms with Crippen LogP contribution in [0.3, 0.4) is 0 Å². The molecule has 1 aromatic carbocycles. The standard InChI is InChI=1S/C12H8BrN/c13-10-5-6-14-11-7-8-3-1-2-4-9(8)12(10)11/h1-6H,7H2. The highest BCUT2D eigenvalue weighted by atomic mass is 79.9. The Morgan fingerprint density at radius 2 is 2.00 bits per heavy atom. The molecule has 0 saturated heterocycles. The molecule has 2 aromatic rings. The molecule has 1 aromatic heterocycles. The van der Waals surface area contributed by atoms with Gasteiger partial charge in [-0.15, -0.1) is 0 Å². The number of fused-ring (bicyclic) bond motifs is 3. The first kappa shape index (κ1) is 8.18. The van der Waals surface area contributed by atoms with Crippen LogP contribution in [0.15, 0.2) is 41.0 Å². The molecule has 0 fully saturated rings. The number of pyridine rings is 1. The smallest absolute Gasteiger partial charge is 0.0537 e. The van der Waals surface area contributed by atoms with Gasteiger partial charge < -0.3 is 0 Å². The molecule has 2 heteroatoms. The summed E-state index contributed by atoms with van der Waals surface area (Å²) in [4.78, 5) is 4.40. The fourth-order valence-corrected chi connectivity index (χ4v) is 2.56. The molecule has 0 unspecified atom stereocenters. The van der Waals surface area contributed by atoms with Gasteiger partial charge in [-0.05, 0) is 17.2 Å². The zero-order valence-corrected chi connectivity index (χ0v) is 9.08. The van der Waals surface area contributed by atoms with Gasteiger partial charge in [-0.3, -0.25) is 4.98 Å². The summed E-state index contributed by atoms with van der Waals surface area (Å²) < 4.78 is 1.15. The Kier molecular flexibility index (Phi) is 1.71. The highest BCUT2D eigenvalue weighted by Gasteiger charge is 2.20. The Balaban J connectivity index is 2.35. The highest BCUT2D eigenvalue weighted by molar-refractivity contribution is 9.10. The van der Waals surface area contributed by atoms with Gasteiger partial charge in [-0.2, -0.15) is 0 Å². The maximum atomic E-state index is 4.40. The van der Waals surface area contributed by atoms with Crippen LogP contribution in [0.4, 0.5) is 0 Å². The summed E-state index contributed by atoms with van der Waals surface area (Å²) in [5.41, 5.74) is 5.15. The van der Waals surface area contributed by atoms with Crippen LogP contribution in [0, 0.1) is 0 Å². The quantitative estimate of drug-likeness (QED) is 0.592. The van der Waals surface area contributed by atoms with E-state index in [1.807, 2.05) is 12.3 Å². The summed E-state index contributed by atoms with van der Waals surface area (Å²) in [5.74, 6) is 0. The molecule has 1 nitrogen and oxygen atoms in total. The second-order valence-corrected chi connectivity index (χ2v) is 4.30. The van der Waals surface area contributed by atoms with Crippen LogP contribution in [0.2, 0.25) is 0 Å². The largest absolute Gasteiger partial charge is 0.260 e. The SMILES string of the molecule is Brc1ccnc2c1-c1ccccc1C2. The van der Waals surface area contributed by atoms with E-state index in [0.717, 1.165) is 10.9 Å². The highest BCUT2D eigenvalue weighted by Crippen LogP contribution is 2.39. The van der Waals surface area contributed by atoms with Crippen molar-refractivity contribution in [1.29, 1.82) is 0 Å². The number of hydrogen-bond donors (Lipinski definition) is 0. The minimum atomic E-state index is 0.963. The molecule has 3 rings (SSSR count). The van der Waals surface area contributed by atoms with E-state index < -0.39 is 0 Å². The van der Waals surface area contributed by atoms with E-state index in [2.05, 4.69) is 45.2 Å². The molecule has 0 spiro atoms. The number of benzene rings is 1. The molecule has 68 valence electrons. The van der Waals surface area contributed by atoms with Crippen LogP contribution in [-0.4, -0.2) is 4.98 Å². The van der Waals surface area contributed by atoms with Crippen molar-refractivity contribution in [2.75, 3.05) is 0 Å². The molecule has 0 bridgehead atoms. The zero-order valence-electron chi connectivity index (χ0n) is 7.50. The van der Waals surface area contributed by atoms with E-state index in [4.69, 9.17) is 0 Å². The van der Waals surface area contributed by atoms with Crippen LogP contribution in [0.5, 0.6) is 0 Å². The fourth-order valence-electron chi connectivity index (χ4n) is 2.00. The Morgan fingerprint density at radius 3 is 2.93 bits per heavy atom. The van der Waals surface area contributed by atoms with Crippen molar-refractivity contribution in [1.82, 2.24) is 4.98 Å². The Bertz CT molecular complexity index is 505. The normalized spacial score (nSPS) is 12.4. The zero-order chi connectivity index (χ0) is 9.54. The van der Waals surface area contributed by atoms with Gasteiger partial charge in [0.2, 0.25) is 0 Å². The number of nitrogens with zero attached hydrogens (tertiary/aromatic N) is 1. The topological polar surface area (TPSA) is 12.9 Å². The predicted octanol–water partition coefficient (Wildman–Crippen LogP) is 3.42. The fraction of sp³-hybridized carbons (Fsp3) is 0.0833. The Hall–Kier alpha value is -1.15. The summed E-state index contributed by atoms with van der Waals surface area (Å²) in [7, 11) is 0. The van der Waals surface area contributed by atoms with Gasteiger partial charge in [-0.1, -0.05) is 40.2 Å². The van der Waals surface area contributed by atoms with Crippen LogP contribution in [0.1, 0.15) is 11.3 Å². The summed E-state index contributed by atoms with van der Waals surface area (Å²) in [5, 5.41) is 0. The molecule has 0 amide bonds. The number of aromatic nitrogens is 1. The van der Waals surface area contributed by atoms with Crippen molar-refractivity contribution < 1.29 is 0 Å². The van der Waals surface area contributed by atoms with Crippen LogP contribution >= 0.6 is 15.9 Å². The molecular weight excluding hydrogens is 238 g/mol. The monoisotopic (exact) mass is 245 g/mol. The first-order chi connectivity index (χ1) is 6.86. The molecular formula is C12H8BrN. The molecule has 0 N–H and O–H groups in total. The van der Waals surface area contributed by atoms with Crippen molar-refractivity contribution in [2.45, 2.75) is 6.42 Å². The van der Waals surface area contributed by atoms with Gasteiger partial charge in [0.15, 0.2) is 0 Å². The lowest BCUT2D eigenvalue weighted by atomic mass is 10.1. The maximum Gasteiger partial charge on any atom is 0.0537 e. The average molecular weight is 246 g/mol. The molecule has 1 heterocycles. The van der Waals surface area contributed by atoms with E-state index in [0.29, 0.717) is 0 Å². The third-order valence-corrected chi connectivity index (χ3v) is 3.28. The summed E-state index contributed by atoms with van der Waals surface area (Å²) in [6.07, 6.45) is 2.82. The summed E-state index contributed by atoms with van der Waals surface area (Å²) in [6.45, 7) is 0. The average Bonchev–Trinajstić information content (AvgIpc) is 2.57. The van der Waals surface area contributed by atoms with Gasteiger partial charge in [0.1, 0.15) is 0 Å². The van der Waals surface area contributed by atoms with Crippen molar-refractivity contribution >= 4 is 15.9 Å². The van der Waals surface area contributed by atoms with E-state index in [1.165, 1.54) is 22.4 Å². The van der Waals surface area contributed by atoms with Crippen molar-refractivity contribution in [3.63, 3.8) is 0 Å². The number of hydrogen-bond acceptors (Lipinski definition) is 1. The van der Waals surface area contributed by atoms with Gasteiger partial charge in [0, 0.05) is 22.7 Å². The lowest BCUT2D eigenvalue weighted by Crippen LogP contribution is -1.85. The molecule has 0 aliphatic heterocycles.